The number of ketones is 1. The molecule has 0 atom stereocenters. The van der Waals surface area contributed by atoms with Crippen LogP contribution >= 0.6 is 0 Å². The van der Waals surface area contributed by atoms with Gasteiger partial charge in [-0.15, -0.1) is 0 Å². The van der Waals surface area contributed by atoms with Crippen molar-refractivity contribution >= 4 is 5.78 Å². The number of nitrogens with zero attached hydrogens (tertiary/aromatic N) is 2. The molecule has 2 aromatic rings. The molecule has 19 heavy (non-hydrogen) atoms. The van der Waals surface area contributed by atoms with E-state index in [-0.39, 0.29) is 29.3 Å². The van der Waals surface area contributed by atoms with Gasteiger partial charge < -0.3 is 21.5 Å². The summed E-state index contributed by atoms with van der Waals surface area (Å²) in [6.45, 7) is 3.81. The summed E-state index contributed by atoms with van der Waals surface area (Å²) in [6.07, 6.45) is 0. The Morgan fingerprint density at radius 1 is 1.26 bits per heavy atom. The van der Waals surface area contributed by atoms with Gasteiger partial charge in [0.25, 0.3) is 0 Å². The zero-order valence-corrected chi connectivity index (χ0v) is 12.4. The highest BCUT2D eigenvalue weighted by molar-refractivity contribution is 5.95. The maximum absolute atomic E-state index is 12.1. The van der Waals surface area contributed by atoms with E-state index >= 15 is 0 Å². The molecule has 1 N–H and O–H groups in total. The minimum atomic E-state index is -0.0112. The Bertz CT molecular complexity index is 635. The Morgan fingerprint density at radius 2 is 1.89 bits per heavy atom. The maximum atomic E-state index is 12.1. The molecule has 4 nitrogen and oxygen atoms in total. The van der Waals surface area contributed by atoms with Gasteiger partial charge in [0.1, 0.15) is 11.3 Å². The highest BCUT2D eigenvalue weighted by Gasteiger charge is 2.08. The summed E-state index contributed by atoms with van der Waals surface area (Å²) in [6, 6.07) is 10.8. The minimum absolute atomic E-state index is 0. The smallest absolute Gasteiger partial charge is 0.182 e. The van der Waals surface area contributed by atoms with Gasteiger partial charge in [-0.05, 0) is 13.8 Å². The Labute approximate surface area is 122 Å². The van der Waals surface area contributed by atoms with Crippen LogP contribution in [0.1, 0.15) is 21.9 Å². The van der Waals surface area contributed by atoms with Crippen LogP contribution < -0.4 is 22.5 Å². The Balaban J connectivity index is 0.00000180. The highest BCUT2D eigenvalue weighted by Crippen LogP contribution is 2.02. The van der Waals surface area contributed by atoms with Crippen LogP contribution in [0.5, 0.6) is 0 Å². The predicted octanol–water partition coefficient (Wildman–Crippen LogP) is -1.13. The number of halogens is 1. The summed E-state index contributed by atoms with van der Waals surface area (Å²) in [4.78, 5) is 16.3. The molecule has 0 unspecified atom stereocenters. The molecule has 0 fully saturated rings. The van der Waals surface area contributed by atoms with Crippen LogP contribution in [0.3, 0.4) is 0 Å². The lowest BCUT2D eigenvalue weighted by Crippen LogP contribution is -3.00. The fourth-order valence-electron chi connectivity index (χ4n) is 1.86. The monoisotopic (exact) mass is 320 g/mol. The number of benzene rings is 1. The van der Waals surface area contributed by atoms with E-state index < -0.39 is 0 Å². The second-order valence-electron chi connectivity index (χ2n) is 4.21. The average Bonchev–Trinajstić information content (AvgIpc) is 2.34. The number of hydrogen-bond donors (Lipinski definition) is 1. The van der Waals surface area contributed by atoms with Gasteiger partial charge in [0.05, 0.1) is 6.54 Å². The molecule has 1 aromatic carbocycles. The Hall–Kier alpha value is -1.75. The molecule has 5 heteroatoms. The summed E-state index contributed by atoms with van der Waals surface area (Å²) in [7, 11) is 0. The largest absolute Gasteiger partial charge is 1.00 e. The van der Waals surface area contributed by atoms with Gasteiger partial charge in [-0.25, -0.2) is 4.98 Å². The number of carbonyl (C=O) groups is 1. The van der Waals surface area contributed by atoms with Crippen molar-refractivity contribution in [2.45, 2.75) is 20.4 Å². The fourth-order valence-corrected chi connectivity index (χ4v) is 1.86. The van der Waals surface area contributed by atoms with E-state index in [0.29, 0.717) is 16.9 Å². The van der Waals surface area contributed by atoms with Gasteiger partial charge in [-0.2, -0.15) is 0 Å². The lowest BCUT2D eigenvalue weighted by atomic mass is 10.1. The first-order valence-corrected chi connectivity index (χ1v) is 5.76. The summed E-state index contributed by atoms with van der Waals surface area (Å²) < 4.78 is 1.61. The van der Waals surface area contributed by atoms with Crippen molar-refractivity contribution < 1.29 is 21.8 Å². The zero-order valence-electron chi connectivity index (χ0n) is 10.9. The lowest BCUT2D eigenvalue weighted by molar-refractivity contribution is -0.0000121. The van der Waals surface area contributed by atoms with E-state index in [2.05, 4.69) is 4.98 Å². The van der Waals surface area contributed by atoms with Crippen molar-refractivity contribution in [3.8, 4) is 0 Å². The number of aromatic nitrogens is 2. The second-order valence-corrected chi connectivity index (χ2v) is 4.21. The molecule has 0 spiro atoms. The highest BCUT2D eigenvalue weighted by atomic mass is 79.9. The molecule has 100 valence electrons. The van der Waals surface area contributed by atoms with E-state index in [1.807, 2.05) is 32.0 Å². The SMILES string of the molecule is Cc1cc(=N)n(CC(=O)c2ccccc2)c(C)n1.[Br-]. The van der Waals surface area contributed by atoms with Crippen molar-refractivity contribution in [2.75, 3.05) is 0 Å². The van der Waals surface area contributed by atoms with Crippen molar-refractivity contribution in [1.29, 1.82) is 5.41 Å². The van der Waals surface area contributed by atoms with Crippen molar-refractivity contribution in [1.82, 2.24) is 9.55 Å². The van der Waals surface area contributed by atoms with Crippen LogP contribution in [0.2, 0.25) is 0 Å². The molecule has 0 aliphatic heterocycles. The van der Waals surface area contributed by atoms with E-state index in [0.717, 1.165) is 5.69 Å². The lowest BCUT2D eigenvalue weighted by Gasteiger charge is -2.10. The molecular weight excluding hydrogens is 306 g/mol. The van der Waals surface area contributed by atoms with Crippen LogP contribution in [0.15, 0.2) is 36.4 Å². The molecule has 0 radical (unpaired) electrons. The van der Waals surface area contributed by atoms with Gasteiger partial charge in [0.15, 0.2) is 5.78 Å². The van der Waals surface area contributed by atoms with Gasteiger partial charge in [-0.3, -0.25) is 10.2 Å². The summed E-state index contributed by atoms with van der Waals surface area (Å²) in [5.41, 5.74) is 1.76. The maximum Gasteiger partial charge on any atom is 0.182 e. The van der Waals surface area contributed by atoms with Gasteiger partial charge >= 0.3 is 0 Å². The third-order valence-electron chi connectivity index (χ3n) is 2.76. The van der Waals surface area contributed by atoms with Crippen LogP contribution in [0.4, 0.5) is 0 Å². The predicted molar refractivity (Wildman–Crippen MR) is 68.3 cm³/mol. The van der Waals surface area contributed by atoms with Gasteiger partial charge in [-0.1, -0.05) is 30.3 Å². The summed E-state index contributed by atoms with van der Waals surface area (Å²) >= 11 is 0. The molecule has 2 rings (SSSR count). The first kappa shape index (κ1) is 15.3. The number of aryl methyl sites for hydroxylation is 2. The van der Waals surface area contributed by atoms with Crippen molar-refractivity contribution in [3.05, 3.63) is 59.0 Å². The Kier molecular flexibility index (Phi) is 5.18. The van der Waals surface area contributed by atoms with Gasteiger partial charge in [0.2, 0.25) is 0 Å². The topological polar surface area (TPSA) is 58.7 Å². The molecule has 0 saturated carbocycles. The van der Waals surface area contributed by atoms with Crippen LogP contribution in [-0.2, 0) is 6.54 Å². The van der Waals surface area contributed by atoms with E-state index in [1.54, 1.807) is 22.8 Å². The first-order chi connectivity index (χ1) is 8.58. The van der Waals surface area contributed by atoms with Crippen molar-refractivity contribution in [2.24, 2.45) is 0 Å². The van der Waals surface area contributed by atoms with Crippen molar-refractivity contribution in [3.63, 3.8) is 0 Å². The zero-order chi connectivity index (χ0) is 13.1. The number of carbonyl (C=O) groups excluding carboxylic acids is 1. The van der Waals surface area contributed by atoms with E-state index in [1.165, 1.54) is 0 Å². The number of nitrogens with one attached hydrogen (secondary N) is 1. The molecule has 0 aliphatic rings. The summed E-state index contributed by atoms with van der Waals surface area (Å²) in [5, 5.41) is 7.88. The van der Waals surface area contributed by atoms with Crippen LogP contribution in [-0.4, -0.2) is 15.3 Å². The van der Waals surface area contributed by atoms with Gasteiger partial charge in [0, 0.05) is 17.3 Å². The third-order valence-corrected chi connectivity index (χ3v) is 2.76. The average molecular weight is 321 g/mol. The number of hydrogen-bond acceptors (Lipinski definition) is 3. The molecule has 0 aliphatic carbocycles. The van der Waals surface area contributed by atoms with Crippen LogP contribution in [0, 0.1) is 19.3 Å². The first-order valence-electron chi connectivity index (χ1n) is 5.76. The van der Waals surface area contributed by atoms with E-state index in [9.17, 15) is 4.79 Å². The molecule has 1 heterocycles. The Morgan fingerprint density at radius 3 is 2.47 bits per heavy atom. The normalized spacial score (nSPS) is 9.79. The second kappa shape index (κ2) is 6.43. The molecule has 0 amide bonds. The quantitative estimate of drug-likeness (QED) is 0.727. The third kappa shape index (κ3) is 3.61. The molecule has 1 aromatic heterocycles. The molecular formula is C14H15BrN3O-. The number of rotatable bonds is 3. The van der Waals surface area contributed by atoms with E-state index in [4.69, 9.17) is 5.41 Å². The number of Topliss-reactive ketones (excluding diaryl/α,β-unsaturated/α-hetero) is 1. The summed E-state index contributed by atoms with van der Waals surface area (Å²) in [5.74, 6) is 0.673. The minimum Gasteiger partial charge on any atom is -1.00 e. The molecule has 0 saturated heterocycles. The van der Waals surface area contributed by atoms with Crippen LogP contribution in [0.25, 0.3) is 0 Å². The fraction of sp³-hybridized carbons (Fsp3) is 0.214. The molecule has 0 bridgehead atoms. The standard InChI is InChI=1S/C14H15N3O.BrH/c1-10-8-14(15)17(11(2)16-10)9-13(18)12-6-4-3-5-7-12;/h3-8,15H,9H2,1-2H3;1H/p-1.